The fourth-order valence-electron chi connectivity index (χ4n) is 2.64. The van der Waals surface area contributed by atoms with Crippen molar-refractivity contribution < 1.29 is 4.79 Å². The summed E-state index contributed by atoms with van der Waals surface area (Å²) in [6, 6.07) is 5.35. The molecule has 0 bridgehead atoms. The first kappa shape index (κ1) is 19.8. The number of hydrogen-bond acceptors (Lipinski definition) is 2. The summed E-state index contributed by atoms with van der Waals surface area (Å²) in [5.41, 5.74) is 3.05. The number of rotatable bonds is 6. The van der Waals surface area contributed by atoms with Gasteiger partial charge in [0.15, 0.2) is 0 Å². The van der Waals surface area contributed by atoms with E-state index in [4.69, 9.17) is 28.3 Å². The van der Waals surface area contributed by atoms with Crippen LogP contribution in [-0.4, -0.2) is 22.2 Å². The molecule has 0 fully saturated rings. The zero-order chi connectivity index (χ0) is 18.7. The molecule has 0 aliphatic heterocycles. The fourth-order valence-corrected chi connectivity index (χ4v) is 2.93. The Bertz CT molecular complexity index is 766. The van der Waals surface area contributed by atoms with E-state index in [1.807, 2.05) is 13.0 Å². The predicted molar refractivity (Wildman–Crippen MR) is 104 cm³/mol. The number of aromatic nitrogens is 2. The number of carbonyl (C=O) groups excluding carboxylic acids is 1. The summed E-state index contributed by atoms with van der Waals surface area (Å²) in [6.45, 7) is 10.9. The SMILES string of the molecule is Cc1c(C(=O)NCC(C)C)c(CC(C)C)nn1-c1ccc(Cl)c(Cl)c1. The van der Waals surface area contributed by atoms with Gasteiger partial charge in [0, 0.05) is 6.54 Å². The molecule has 1 N–H and O–H groups in total. The van der Waals surface area contributed by atoms with E-state index in [-0.39, 0.29) is 5.91 Å². The molecule has 0 saturated heterocycles. The number of hydrogen-bond donors (Lipinski definition) is 1. The molecule has 2 aromatic rings. The van der Waals surface area contributed by atoms with Gasteiger partial charge < -0.3 is 5.32 Å². The number of benzene rings is 1. The van der Waals surface area contributed by atoms with E-state index in [9.17, 15) is 4.79 Å². The van der Waals surface area contributed by atoms with Crippen LogP contribution >= 0.6 is 23.2 Å². The standard InChI is InChI=1S/C19H25Cl2N3O/c1-11(2)8-17-18(19(25)22-10-12(3)4)13(5)24(23-17)14-6-7-15(20)16(21)9-14/h6-7,9,11-12H,8,10H2,1-5H3,(H,22,25). The van der Waals surface area contributed by atoms with Crippen molar-refractivity contribution in [3.63, 3.8) is 0 Å². The number of nitrogens with one attached hydrogen (secondary N) is 1. The van der Waals surface area contributed by atoms with Crippen LogP contribution < -0.4 is 5.32 Å². The van der Waals surface area contributed by atoms with E-state index in [1.54, 1.807) is 16.8 Å². The van der Waals surface area contributed by atoms with Crippen LogP contribution in [0.4, 0.5) is 0 Å². The normalized spacial score (nSPS) is 11.4. The molecule has 1 heterocycles. The molecule has 0 saturated carbocycles. The highest BCUT2D eigenvalue weighted by atomic mass is 35.5. The molecule has 1 aromatic carbocycles. The summed E-state index contributed by atoms with van der Waals surface area (Å²) < 4.78 is 1.77. The van der Waals surface area contributed by atoms with E-state index in [0.717, 1.165) is 23.5 Å². The lowest BCUT2D eigenvalue weighted by Gasteiger charge is -2.10. The minimum Gasteiger partial charge on any atom is -0.352 e. The molecule has 0 aliphatic carbocycles. The molecule has 0 radical (unpaired) electrons. The van der Waals surface area contributed by atoms with Crippen LogP contribution in [0, 0.1) is 18.8 Å². The lowest BCUT2D eigenvalue weighted by atomic mass is 10.0. The van der Waals surface area contributed by atoms with Gasteiger partial charge in [0.05, 0.1) is 32.7 Å². The lowest BCUT2D eigenvalue weighted by molar-refractivity contribution is 0.0947. The van der Waals surface area contributed by atoms with Gasteiger partial charge in [-0.15, -0.1) is 0 Å². The van der Waals surface area contributed by atoms with Gasteiger partial charge in [-0.25, -0.2) is 4.68 Å². The Kier molecular flexibility index (Phi) is 6.53. The number of halogens is 2. The molecule has 2 rings (SSSR count). The van der Waals surface area contributed by atoms with Crippen molar-refractivity contribution in [2.75, 3.05) is 6.54 Å². The molecule has 0 unspecified atom stereocenters. The van der Waals surface area contributed by atoms with E-state index < -0.39 is 0 Å². The van der Waals surface area contributed by atoms with Gasteiger partial charge in [0.2, 0.25) is 0 Å². The van der Waals surface area contributed by atoms with Gasteiger partial charge in [-0.1, -0.05) is 50.9 Å². The van der Waals surface area contributed by atoms with Gasteiger partial charge in [0.1, 0.15) is 0 Å². The Morgan fingerprint density at radius 3 is 2.40 bits per heavy atom. The Balaban J connectivity index is 2.48. The highest BCUT2D eigenvalue weighted by Gasteiger charge is 2.22. The summed E-state index contributed by atoms with van der Waals surface area (Å²) in [4.78, 5) is 12.7. The molecule has 25 heavy (non-hydrogen) atoms. The van der Waals surface area contributed by atoms with Crippen molar-refractivity contribution in [2.24, 2.45) is 11.8 Å². The number of amides is 1. The second kappa shape index (κ2) is 8.24. The van der Waals surface area contributed by atoms with Crippen LogP contribution in [-0.2, 0) is 6.42 Å². The lowest BCUT2D eigenvalue weighted by Crippen LogP contribution is -2.28. The first-order valence-corrected chi connectivity index (χ1v) is 9.28. The van der Waals surface area contributed by atoms with Gasteiger partial charge in [-0.3, -0.25) is 4.79 Å². The third-order valence-corrected chi connectivity index (χ3v) is 4.58. The topological polar surface area (TPSA) is 46.9 Å². The predicted octanol–water partition coefficient (Wildman–Crippen LogP) is 5.07. The second-order valence-electron chi connectivity index (χ2n) is 7.12. The van der Waals surface area contributed by atoms with Crippen molar-refractivity contribution in [3.05, 3.63) is 45.2 Å². The third-order valence-electron chi connectivity index (χ3n) is 3.84. The summed E-state index contributed by atoms with van der Waals surface area (Å²) >= 11 is 12.2. The Hall–Kier alpha value is -1.52. The molecule has 4 nitrogen and oxygen atoms in total. The van der Waals surface area contributed by atoms with E-state index in [2.05, 4.69) is 33.0 Å². The van der Waals surface area contributed by atoms with Gasteiger partial charge in [-0.05, 0) is 43.4 Å². The van der Waals surface area contributed by atoms with Crippen LogP contribution in [0.15, 0.2) is 18.2 Å². The summed E-state index contributed by atoms with van der Waals surface area (Å²) in [5, 5.41) is 8.65. The Morgan fingerprint density at radius 2 is 1.84 bits per heavy atom. The quantitative estimate of drug-likeness (QED) is 0.758. The maximum absolute atomic E-state index is 12.7. The van der Waals surface area contributed by atoms with E-state index in [0.29, 0.717) is 34.0 Å². The molecule has 136 valence electrons. The van der Waals surface area contributed by atoms with Crippen LogP contribution in [0.3, 0.4) is 0 Å². The van der Waals surface area contributed by atoms with Crippen LogP contribution in [0.1, 0.15) is 49.4 Å². The smallest absolute Gasteiger partial charge is 0.255 e. The zero-order valence-electron chi connectivity index (χ0n) is 15.4. The largest absolute Gasteiger partial charge is 0.352 e. The van der Waals surface area contributed by atoms with Gasteiger partial charge >= 0.3 is 0 Å². The first-order valence-electron chi connectivity index (χ1n) is 8.52. The minimum atomic E-state index is -0.0758. The van der Waals surface area contributed by atoms with Crippen molar-refractivity contribution in [2.45, 2.75) is 41.0 Å². The van der Waals surface area contributed by atoms with Crippen molar-refractivity contribution in [3.8, 4) is 5.69 Å². The minimum absolute atomic E-state index is 0.0758. The van der Waals surface area contributed by atoms with Crippen LogP contribution in [0.5, 0.6) is 0 Å². The Morgan fingerprint density at radius 1 is 1.16 bits per heavy atom. The molecule has 6 heteroatoms. The monoisotopic (exact) mass is 381 g/mol. The van der Waals surface area contributed by atoms with Gasteiger partial charge in [0.25, 0.3) is 5.91 Å². The number of nitrogens with zero attached hydrogens (tertiary/aromatic N) is 2. The average Bonchev–Trinajstić information content (AvgIpc) is 2.83. The molecule has 0 spiro atoms. The molecular formula is C19H25Cl2N3O. The Labute approximate surface area is 159 Å². The van der Waals surface area contributed by atoms with Crippen molar-refractivity contribution in [1.82, 2.24) is 15.1 Å². The molecular weight excluding hydrogens is 357 g/mol. The van der Waals surface area contributed by atoms with Crippen LogP contribution in [0.25, 0.3) is 5.69 Å². The summed E-state index contributed by atoms with van der Waals surface area (Å²) in [5.74, 6) is 0.712. The maximum Gasteiger partial charge on any atom is 0.255 e. The van der Waals surface area contributed by atoms with Crippen molar-refractivity contribution in [1.29, 1.82) is 0 Å². The zero-order valence-corrected chi connectivity index (χ0v) is 16.9. The molecule has 0 atom stereocenters. The summed E-state index contributed by atoms with van der Waals surface area (Å²) in [6.07, 6.45) is 0.736. The highest BCUT2D eigenvalue weighted by Crippen LogP contribution is 2.27. The number of carbonyl (C=O) groups is 1. The van der Waals surface area contributed by atoms with Crippen molar-refractivity contribution >= 4 is 29.1 Å². The van der Waals surface area contributed by atoms with Gasteiger partial charge in [-0.2, -0.15) is 5.10 Å². The highest BCUT2D eigenvalue weighted by molar-refractivity contribution is 6.42. The van der Waals surface area contributed by atoms with Crippen LogP contribution in [0.2, 0.25) is 10.0 Å². The summed E-state index contributed by atoms with van der Waals surface area (Å²) in [7, 11) is 0. The maximum atomic E-state index is 12.7. The second-order valence-corrected chi connectivity index (χ2v) is 7.93. The van der Waals surface area contributed by atoms with E-state index >= 15 is 0 Å². The molecule has 1 amide bonds. The average molecular weight is 382 g/mol. The third kappa shape index (κ3) is 4.77. The molecule has 0 aliphatic rings. The first-order chi connectivity index (χ1) is 11.7. The van der Waals surface area contributed by atoms with E-state index in [1.165, 1.54) is 0 Å². The molecule has 1 aromatic heterocycles. The fraction of sp³-hybridized carbons (Fsp3) is 0.474.